The lowest BCUT2D eigenvalue weighted by Gasteiger charge is -2.08. The van der Waals surface area contributed by atoms with E-state index in [2.05, 4.69) is 0 Å². The molecule has 0 saturated carbocycles. The average molecular weight is 236 g/mol. The van der Waals surface area contributed by atoms with E-state index < -0.39 is 17.5 Å². The van der Waals surface area contributed by atoms with Crippen molar-refractivity contribution < 1.29 is 13.6 Å². The molecule has 5 heteroatoms. The number of carbonyl (C=O) groups is 1. The van der Waals surface area contributed by atoms with Crippen LogP contribution >= 0.6 is 0 Å². The first-order valence-corrected chi connectivity index (χ1v) is 4.75. The molecule has 0 aromatic heterocycles. The van der Waals surface area contributed by atoms with Crippen molar-refractivity contribution in [2.24, 2.45) is 0 Å². The monoisotopic (exact) mass is 236 g/mol. The van der Waals surface area contributed by atoms with Gasteiger partial charge in [-0.05, 0) is 18.2 Å². The highest BCUT2D eigenvalue weighted by atomic mass is 19.1. The molecule has 0 aliphatic carbocycles. The van der Waals surface area contributed by atoms with Crippen molar-refractivity contribution >= 4 is 12.0 Å². The Bertz CT molecular complexity index is 495. The standard InChI is InChI=1S/C12H10F2N2O/c1-16(2)12(17)8(7-15)6-9-10(13)4-3-5-11(9)14/h3-6H,1-2H3/b8-6+. The number of hydrogen-bond donors (Lipinski definition) is 0. The molecule has 1 aromatic rings. The Morgan fingerprint density at radius 3 is 2.29 bits per heavy atom. The number of rotatable bonds is 2. The Kier molecular flexibility index (Phi) is 3.94. The van der Waals surface area contributed by atoms with Crippen molar-refractivity contribution in [1.29, 1.82) is 5.26 Å². The highest BCUT2D eigenvalue weighted by molar-refractivity contribution is 6.01. The Labute approximate surface area is 97.6 Å². The number of nitriles is 1. The zero-order valence-electron chi connectivity index (χ0n) is 9.37. The van der Waals surface area contributed by atoms with Crippen molar-refractivity contribution in [3.05, 3.63) is 41.0 Å². The number of carbonyl (C=O) groups excluding carboxylic acids is 1. The summed E-state index contributed by atoms with van der Waals surface area (Å²) >= 11 is 0. The van der Waals surface area contributed by atoms with Crippen molar-refractivity contribution in [2.75, 3.05) is 14.1 Å². The van der Waals surface area contributed by atoms with Crippen LogP contribution in [0.15, 0.2) is 23.8 Å². The van der Waals surface area contributed by atoms with E-state index in [-0.39, 0.29) is 11.1 Å². The number of hydrogen-bond acceptors (Lipinski definition) is 2. The second-order valence-corrected chi connectivity index (χ2v) is 3.50. The van der Waals surface area contributed by atoms with Crippen LogP contribution in [0, 0.1) is 23.0 Å². The second kappa shape index (κ2) is 5.21. The van der Waals surface area contributed by atoms with Gasteiger partial charge < -0.3 is 4.90 Å². The molecule has 0 atom stereocenters. The molecule has 0 aliphatic rings. The topological polar surface area (TPSA) is 44.1 Å². The van der Waals surface area contributed by atoms with E-state index in [0.29, 0.717) is 0 Å². The molecule has 0 saturated heterocycles. The fraction of sp³-hybridized carbons (Fsp3) is 0.167. The largest absolute Gasteiger partial charge is 0.344 e. The van der Waals surface area contributed by atoms with Gasteiger partial charge in [0.15, 0.2) is 0 Å². The lowest BCUT2D eigenvalue weighted by Crippen LogP contribution is -2.22. The predicted octanol–water partition coefficient (Wildman–Crippen LogP) is 1.96. The van der Waals surface area contributed by atoms with Crippen molar-refractivity contribution in [3.63, 3.8) is 0 Å². The Balaban J connectivity index is 3.26. The Morgan fingerprint density at radius 1 is 1.35 bits per heavy atom. The van der Waals surface area contributed by atoms with Crippen LogP contribution in [0.25, 0.3) is 6.08 Å². The van der Waals surface area contributed by atoms with Crippen molar-refractivity contribution in [2.45, 2.75) is 0 Å². The summed E-state index contributed by atoms with van der Waals surface area (Å²) in [6.07, 6.45) is 0.910. The smallest absolute Gasteiger partial charge is 0.264 e. The van der Waals surface area contributed by atoms with Crippen molar-refractivity contribution in [3.8, 4) is 6.07 Å². The van der Waals surface area contributed by atoms with Gasteiger partial charge in [0, 0.05) is 19.7 Å². The van der Waals surface area contributed by atoms with E-state index >= 15 is 0 Å². The molecule has 0 bridgehead atoms. The summed E-state index contributed by atoms with van der Waals surface area (Å²) in [6, 6.07) is 4.95. The van der Waals surface area contributed by atoms with Gasteiger partial charge in [-0.15, -0.1) is 0 Å². The molecule has 0 N–H and O–H groups in total. The summed E-state index contributed by atoms with van der Waals surface area (Å²) in [5.41, 5.74) is -0.710. The van der Waals surface area contributed by atoms with Crippen LogP contribution in [0.1, 0.15) is 5.56 Å². The number of benzene rings is 1. The van der Waals surface area contributed by atoms with Crippen LogP contribution in [0.4, 0.5) is 8.78 Å². The quantitative estimate of drug-likeness (QED) is 0.582. The molecular weight excluding hydrogens is 226 g/mol. The number of likely N-dealkylation sites (N-methyl/N-ethyl adjacent to an activating group) is 1. The second-order valence-electron chi connectivity index (χ2n) is 3.50. The van der Waals surface area contributed by atoms with Gasteiger partial charge in [0.2, 0.25) is 0 Å². The molecule has 88 valence electrons. The third kappa shape index (κ3) is 2.88. The van der Waals surface area contributed by atoms with E-state index in [1.807, 2.05) is 0 Å². The van der Waals surface area contributed by atoms with Gasteiger partial charge in [0.25, 0.3) is 5.91 Å². The fourth-order valence-electron chi connectivity index (χ4n) is 1.18. The van der Waals surface area contributed by atoms with Crippen LogP contribution in [0.5, 0.6) is 0 Å². The van der Waals surface area contributed by atoms with E-state index in [9.17, 15) is 13.6 Å². The molecule has 0 aliphatic heterocycles. The normalized spacial score (nSPS) is 10.9. The molecule has 0 heterocycles. The zero-order valence-corrected chi connectivity index (χ0v) is 9.37. The van der Waals surface area contributed by atoms with Crippen LogP contribution in [0.3, 0.4) is 0 Å². The molecule has 1 rings (SSSR count). The number of halogens is 2. The lowest BCUT2D eigenvalue weighted by molar-refractivity contribution is -0.124. The summed E-state index contributed by atoms with van der Waals surface area (Å²) in [5, 5.41) is 8.78. The Morgan fingerprint density at radius 2 is 1.88 bits per heavy atom. The first-order chi connectivity index (χ1) is 7.97. The number of nitrogens with zero attached hydrogens (tertiary/aromatic N) is 2. The van der Waals surface area contributed by atoms with Crippen LogP contribution in [-0.2, 0) is 4.79 Å². The van der Waals surface area contributed by atoms with E-state index in [1.165, 1.54) is 20.2 Å². The maximum absolute atomic E-state index is 13.3. The molecule has 3 nitrogen and oxygen atoms in total. The molecular formula is C12H10F2N2O. The molecule has 0 radical (unpaired) electrons. The molecule has 0 spiro atoms. The summed E-state index contributed by atoms with van der Waals surface area (Å²) in [7, 11) is 2.90. The molecule has 1 aromatic carbocycles. The van der Waals surface area contributed by atoms with Gasteiger partial charge in [-0.1, -0.05) is 6.07 Å². The molecule has 1 amide bonds. The molecule has 0 fully saturated rings. The minimum atomic E-state index is -0.815. The molecule has 17 heavy (non-hydrogen) atoms. The molecule has 0 unspecified atom stereocenters. The third-order valence-electron chi connectivity index (χ3n) is 2.05. The highest BCUT2D eigenvalue weighted by Gasteiger charge is 2.14. The summed E-state index contributed by atoms with van der Waals surface area (Å²) in [5.74, 6) is -2.23. The first-order valence-electron chi connectivity index (χ1n) is 4.75. The fourth-order valence-corrected chi connectivity index (χ4v) is 1.18. The van der Waals surface area contributed by atoms with E-state index in [1.54, 1.807) is 6.07 Å². The van der Waals surface area contributed by atoms with Gasteiger partial charge in [0.1, 0.15) is 23.3 Å². The van der Waals surface area contributed by atoms with E-state index in [0.717, 1.165) is 23.1 Å². The van der Waals surface area contributed by atoms with Gasteiger partial charge >= 0.3 is 0 Å². The van der Waals surface area contributed by atoms with Gasteiger partial charge in [-0.3, -0.25) is 4.79 Å². The van der Waals surface area contributed by atoms with Gasteiger partial charge in [-0.25, -0.2) is 8.78 Å². The maximum atomic E-state index is 13.3. The van der Waals surface area contributed by atoms with Gasteiger partial charge in [-0.2, -0.15) is 5.26 Å². The van der Waals surface area contributed by atoms with Crippen LogP contribution in [-0.4, -0.2) is 24.9 Å². The third-order valence-corrected chi connectivity index (χ3v) is 2.05. The SMILES string of the molecule is CN(C)C(=O)/C(C#N)=C/c1c(F)cccc1F. The minimum absolute atomic E-state index is 0.320. The first kappa shape index (κ1) is 12.8. The maximum Gasteiger partial charge on any atom is 0.264 e. The summed E-state index contributed by atoms with van der Waals surface area (Å²) in [4.78, 5) is 12.7. The summed E-state index contributed by atoms with van der Waals surface area (Å²) < 4.78 is 26.6. The average Bonchev–Trinajstić information content (AvgIpc) is 2.28. The Hall–Kier alpha value is -2.22. The summed E-state index contributed by atoms with van der Waals surface area (Å²) in [6.45, 7) is 0. The predicted molar refractivity (Wildman–Crippen MR) is 58.6 cm³/mol. The van der Waals surface area contributed by atoms with E-state index in [4.69, 9.17) is 5.26 Å². The van der Waals surface area contributed by atoms with Crippen molar-refractivity contribution in [1.82, 2.24) is 4.90 Å². The van der Waals surface area contributed by atoms with Crippen LogP contribution < -0.4 is 0 Å². The number of amides is 1. The highest BCUT2D eigenvalue weighted by Crippen LogP contribution is 2.16. The van der Waals surface area contributed by atoms with Crippen LogP contribution in [0.2, 0.25) is 0 Å². The minimum Gasteiger partial charge on any atom is -0.344 e. The zero-order chi connectivity index (χ0) is 13.0. The van der Waals surface area contributed by atoms with Gasteiger partial charge in [0.05, 0.1) is 0 Å². The lowest BCUT2D eigenvalue weighted by atomic mass is 10.1.